The van der Waals surface area contributed by atoms with Crippen molar-refractivity contribution in [1.29, 1.82) is 0 Å². The molecule has 4 nitrogen and oxygen atoms in total. The SMILES string of the molecule is O=C(c1cccc(Br)c1Cl)N1CCCS(=O)(=O)CC1. The van der Waals surface area contributed by atoms with Crippen LogP contribution in [0.1, 0.15) is 16.8 Å². The molecule has 1 amide bonds. The lowest BCUT2D eigenvalue weighted by Gasteiger charge is -2.20. The van der Waals surface area contributed by atoms with E-state index in [4.69, 9.17) is 11.6 Å². The normalized spacial score (nSPS) is 18.9. The van der Waals surface area contributed by atoms with E-state index in [0.29, 0.717) is 28.0 Å². The molecule has 19 heavy (non-hydrogen) atoms. The second-order valence-electron chi connectivity index (χ2n) is 4.40. The summed E-state index contributed by atoms with van der Waals surface area (Å²) in [6, 6.07) is 5.14. The van der Waals surface area contributed by atoms with Crippen molar-refractivity contribution in [2.24, 2.45) is 0 Å². The van der Waals surface area contributed by atoms with E-state index >= 15 is 0 Å². The third-order valence-corrected chi connectivity index (χ3v) is 6.04. The Morgan fingerprint density at radius 2 is 2.00 bits per heavy atom. The fourth-order valence-electron chi connectivity index (χ4n) is 1.98. The Kier molecular flexibility index (Phi) is 4.53. The highest BCUT2D eigenvalue weighted by atomic mass is 79.9. The maximum atomic E-state index is 12.4. The Morgan fingerprint density at radius 1 is 1.26 bits per heavy atom. The van der Waals surface area contributed by atoms with E-state index < -0.39 is 9.84 Å². The van der Waals surface area contributed by atoms with Crippen molar-refractivity contribution in [3.63, 3.8) is 0 Å². The van der Waals surface area contributed by atoms with Crippen LogP contribution in [-0.4, -0.2) is 43.8 Å². The molecule has 104 valence electrons. The van der Waals surface area contributed by atoms with Gasteiger partial charge < -0.3 is 4.90 Å². The predicted octanol–water partition coefficient (Wildman–Crippen LogP) is 2.36. The van der Waals surface area contributed by atoms with Gasteiger partial charge in [-0.3, -0.25) is 4.79 Å². The summed E-state index contributed by atoms with van der Waals surface area (Å²) in [6.07, 6.45) is 0.472. The van der Waals surface area contributed by atoms with Gasteiger partial charge in [-0.1, -0.05) is 17.7 Å². The molecular weight excluding hydrogens is 354 g/mol. The molecule has 0 radical (unpaired) electrons. The minimum Gasteiger partial charge on any atom is -0.338 e. The van der Waals surface area contributed by atoms with E-state index in [1.54, 1.807) is 23.1 Å². The lowest BCUT2D eigenvalue weighted by molar-refractivity contribution is 0.0768. The molecule has 7 heteroatoms. The van der Waals surface area contributed by atoms with Gasteiger partial charge >= 0.3 is 0 Å². The predicted molar refractivity (Wildman–Crippen MR) is 78.3 cm³/mol. The highest BCUT2D eigenvalue weighted by molar-refractivity contribution is 9.10. The van der Waals surface area contributed by atoms with Crippen molar-refractivity contribution in [3.05, 3.63) is 33.3 Å². The maximum absolute atomic E-state index is 12.4. The molecule has 1 aromatic carbocycles. The van der Waals surface area contributed by atoms with Gasteiger partial charge in [-0.2, -0.15) is 0 Å². The van der Waals surface area contributed by atoms with Gasteiger partial charge in [0.1, 0.15) is 0 Å². The third-order valence-electron chi connectivity index (χ3n) is 3.02. The largest absolute Gasteiger partial charge is 0.338 e. The molecular formula is C12H13BrClNO3S. The van der Waals surface area contributed by atoms with Crippen LogP contribution < -0.4 is 0 Å². The number of carbonyl (C=O) groups is 1. The fraction of sp³-hybridized carbons (Fsp3) is 0.417. The second kappa shape index (κ2) is 5.81. The zero-order valence-corrected chi connectivity index (χ0v) is 13.3. The van der Waals surface area contributed by atoms with Crippen molar-refractivity contribution >= 4 is 43.3 Å². The van der Waals surface area contributed by atoms with E-state index in [-0.39, 0.29) is 24.0 Å². The van der Waals surface area contributed by atoms with Crippen LogP contribution in [0, 0.1) is 0 Å². The van der Waals surface area contributed by atoms with Crippen LogP contribution in [0.2, 0.25) is 5.02 Å². The molecule has 1 heterocycles. The number of sulfone groups is 1. The van der Waals surface area contributed by atoms with E-state index in [2.05, 4.69) is 15.9 Å². The lowest BCUT2D eigenvalue weighted by Crippen LogP contribution is -2.33. The number of halogens is 2. The Labute approximate surface area is 125 Å². The Balaban J connectivity index is 2.22. The van der Waals surface area contributed by atoms with E-state index in [9.17, 15) is 13.2 Å². The molecule has 1 saturated heterocycles. The molecule has 0 N–H and O–H groups in total. The minimum atomic E-state index is -3.02. The zero-order chi connectivity index (χ0) is 14.0. The van der Waals surface area contributed by atoms with Gasteiger partial charge in [-0.05, 0) is 34.5 Å². The molecule has 1 fully saturated rings. The topological polar surface area (TPSA) is 54.5 Å². The first-order chi connectivity index (χ1) is 8.91. The highest BCUT2D eigenvalue weighted by Gasteiger charge is 2.24. The molecule has 0 aliphatic carbocycles. The lowest BCUT2D eigenvalue weighted by atomic mass is 10.2. The van der Waals surface area contributed by atoms with Gasteiger partial charge in [-0.15, -0.1) is 0 Å². The van der Waals surface area contributed by atoms with Gasteiger partial charge in [0.05, 0.1) is 22.1 Å². The van der Waals surface area contributed by atoms with Crippen LogP contribution in [0.5, 0.6) is 0 Å². The average molecular weight is 367 g/mol. The molecule has 1 aliphatic rings. The number of amides is 1. The summed E-state index contributed by atoms with van der Waals surface area (Å²) in [4.78, 5) is 13.9. The molecule has 0 bridgehead atoms. The van der Waals surface area contributed by atoms with Crippen molar-refractivity contribution in [2.45, 2.75) is 6.42 Å². The number of benzene rings is 1. The van der Waals surface area contributed by atoms with Crippen molar-refractivity contribution in [1.82, 2.24) is 4.90 Å². The summed E-state index contributed by atoms with van der Waals surface area (Å²) in [7, 11) is -3.02. The molecule has 0 unspecified atom stereocenters. The fourth-order valence-corrected chi connectivity index (χ4v) is 3.83. The number of nitrogens with zero attached hydrogens (tertiary/aromatic N) is 1. The van der Waals surface area contributed by atoms with Crippen molar-refractivity contribution in [2.75, 3.05) is 24.6 Å². The molecule has 0 saturated carbocycles. The van der Waals surface area contributed by atoms with Crippen LogP contribution >= 0.6 is 27.5 Å². The molecule has 0 spiro atoms. The zero-order valence-electron chi connectivity index (χ0n) is 10.1. The monoisotopic (exact) mass is 365 g/mol. The molecule has 1 aliphatic heterocycles. The summed E-state index contributed by atoms with van der Waals surface area (Å²) in [5.41, 5.74) is 0.398. The Hall–Kier alpha value is -0.590. The highest BCUT2D eigenvalue weighted by Crippen LogP contribution is 2.27. The summed E-state index contributed by atoms with van der Waals surface area (Å²) in [5.74, 6) is -0.0590. The van der Waals surface area contributed by atoms with Crippen LogP contribution in [0.25, 0.3) is 0 Å². The quantitative estimate of drug-likeness (QED) is 0.767. The van der Waals surface area contributed by atoms with Crippen LogP contribution in [0.4, 0.5) is 0 Å². The van der Waals surface area contributed by atoms with E-state index in [1.165, 1.54) is 0 Å². The smallest absolute Gasteiger partial charge is 0.255 e. The number of hydrogen-bond acceptors (Lipinski definition) is 3. The van der Waals surface area contributed by atoms with Gasteiger partial charge in [0, 0.05) is 17.6 Å². The van der Waals surface area contributed by atoms with Crippen LogP contribution in [0.3, 0.4) is 0 Å². The Morgan fingerprint density at radius 3 is 2.74 bits per heavy atom. The van der Waals surface area contributed by atoms with E-state index in [0.717, 1.165) is 0 Å². The van der Waals surface area contributed by atoms with Gasteiger partial charge in [-0.25, -0.2) is 8.42 Å². The second-order valence-corrected chi connectivity index (χ2v) is 7.93. The first-order valence-electron chi connectivity index (χ1n) is 5.84. The van der Waals surface area contributed by atoms with Gasteiger partial charge in [0.25, 0.3) is 5.91 Å². The van der Waals surface area contributed by atoms with Crippen molar-refractivity contribution in [3.8, 4) is 0 Å². The summed E-state index contributed by atoms with van der Waals surface area (Å²) >= 11 is 9.36. The number of hydrogen-bond donors (Lipinski definition) is 0. The van der Waals surface area contributed by atoms with Crippen LogP contribution in [0.15, 0.2) is 22.7 Å². The third kappa shape index (κ3) is 3.49. The van der Waals surface area contributed by atoms with E-state index in [1.807, 2.05) is 0 Å². The average Bonchev–Trinajstić information content (AvgIpc) is 2.53. The number of rotatable bonds is 1. The summed E-state index contributed by atoms with van der Waals surface area (Å²) < 4.78 is 23.7. The molecule has 0 aromatic heterocycles. The first-order valence-corrected chi connectivity index (χ1v) is 8.84. The van der Waals surface area contributed by atoms with Gasteiger partial charge in [0.15, 0.2) is 9.84 Å². The summed E-state index contributed by atoms with van der Waals surface area (Å²) in [6.45, 7) is 0.672. The van der Waals surface area contributed by atoms with Gasteiger partial charge in [0.2, 0.25) is 0 Å². The maximum Gasteiger partial charge on any atom is 0.255 e. The molecule has 0 atom stereocenters. The molecule has 2 rings (SSSR count). The summed E-state index contributed by atoms with van der Waals surface area (Å²) in [5, 5.41) is 0.361. The van der Waals surface area contributed by atoms with Crippen LogP contribution in [-0.2, 0) is 9.84 Å². The first kappa shape index (κ1) is 14.8. The minimum absolute atomic E-state index is 0.0182. The Bertz CT molecular complexity index is 603. The number of carbonyl (C=O) groups excluding carboxylic acids is 1. The van der Waals surface area contributed by atoms with Crippen molar-refractivity contribution < 1.29 is 13.2 Å². The standard InChI is InChI=1S/C12H13BrClNO3S/c13-10-4-1-3-9(11(10)14)12(16)15-5-2-7-19(17,18)8-6-15/h1,3-4H,2,5-8H2. The molecule has 1 aromatic rings.